The molecule has 2 atom stereocenters. The van der Waals surface area contributed by atoms with Crippen molar-refractivity contribution in [3.8, 4) is 17.0 Å². The Labute approximate surface area is 167 Å². The summed E-state index contributed by atoms with van der Waals surface area (Å²) in [4.78, 5) is 11.2. The maximum Gasteiger partial charge on any atom is 0.227 e. The molecule has 2 N–H and O–H groups in total. The van der Waals surface area contributed by atoms with Crippen molar-refractivity contribution in [1.29, 1.82) is 0 Å². The van der Waals surface area contributed by atoms with E-state index in [-0.39, 0.29) is 18.0 Å². The van der Waals surface area contributed by atoms with Crippen LogP contribution < -0.4 is 15.0 Å². The molecule has 2 fully saturated rings. The van der Waals surface area contributed by atoms with Gasteiger partial charge in [0.15, 0.2) is 17.4 Å². The van der Waals surface area contributed by atoms with Crippen molar-refractivity contribution in [2.24, 2.45) is 0 Å². The van der Waals surface area contributed by atoms with Gasteiger partial charge in [-0.2, -0.15) is 10.1 Å². The quantitative estimate of drug-likeness (QED) is 0.685. The zero-order valence-electron chi connectivity index (χ0n) is 15.9. The number of halogens is 1. The third kappa shape index (κ3) is 3.61. The van der Waals surface area contributed by atoms with Gasteiger partial charge in [-0.05, 0) is 37.1 Å². The average molecular weight is 396 g/mol. The number of rotatable bonds is 5. The Balaban J connectivity index is 1.32. The number of aromatic amines is 1. The number of benzene rings is 1. The average Bonchev–Trinajstić information content (AvgIpc) is 3.34. The third-order valence-electron chi connectivity index (χ3n) is 5.27. The van der Waals surface area contributed by atoms with Gasteiger partial charge in [0.1, 0.15) is 5.82 Å². The standard InChI is InChI=1S/C20H21FN6O2/c1-28-17-5-2-12(8-15(17)21)16-9-19(26-25-16)23-18-6-7-22-20(24-18)27-10-13-3-4-14(11-27)29-13/h2,5-9,13-14H,3-4,10-11H2,1H3,(H2,22,23,24,25,26). The van der Waals surface area contributed by atoms with E-state index in [1.807, 2.05) is 0 Å². The molecule has 0 amide bonds. The van der Waals surface area contributed by atoms with Gasteiger partial charge in [-0.15, -0.1) is 0 Å². The number of morpholine rings is 1. The number of hydrogen-bond acceptors (Lipinski definition) is 7. The number of nitrogens with one attached hydrogen (secondary N) is 2. The van der Waals surface area contributed by atoms with E-state index in [0.29, 0.717) is 28.8 Å². The SMILES string of the molecule is COc1ccc(-c2cc(Nc3ccnc(N4CC5CCC(C4)O5)n3)n[nH]2)cc1F. The number of aromatic nitrogens is 4. The van der Waals surface area contributed by atoms with E-state index in [1.165, 1.54) is 13.2 Å². The molecule has 0 radical (unpaired) electrons. The van der Waals surface area contributed by atoms with Gasteiger partial charge in [-0.1, -0.05) is 0 Å². The summed E-state index contributed by atoms with van der Waals surface area (Å²) >= 11 is 0. The molecule has 0 spiro atoms. The molecule has 150 valence electrons. The van der Waals surface area contributed by atoms with Gasteiger partial charge in [-0.3, -0.25) is 5.10 Å². The number of anilines is 3. The largest absolute Gasteiger partial charge is 0.494 e. The van der Waals surface area contributed by atoms with E-state index < -0.39 is 5.82 Å². The number of nitrogens with zero attached hydrogens (tertiary/aromatic N) is 4. The second-order valence-corrected chi connectivity index (χ2v) is 7.25. The fourth-order valence-electron chi connectivity index (χ4n) is 3.85. The highest BCUT2D eigenvalue weighted by atomic mass is 19.1. The van der Waals surface area contributed by atoms with E-state index in [0.717, 1.165) is 25.9 Å². The molecule has 2 saturated heterocycles. The highest BCUT2D eigenvalue weighted by molar-refractivity contribution is 5.66. The number of H-pyrrole nitrogens is 1. The monoisotopic (exact) mass is 396 g/mol. The molecule has 3 aromatic rings. The molecular formula is C20H21FN6O2. The molecule has 2 bridgehead atoms. The van der Waals surface area contributed by atoms with E-state index in [2.05, 4.69) is 30.4 Å². The molecule has 5 rings (SSSR count). The van der Waals surface area contributed by atoms with Crippen molar-refractivity contribution in [2.45, 2.75) is 25.0 Å². The van der Waals surface area contributed by atoms with Gasteiger partial charge in [-0.25, -0.2) is 9.37 Å². The van der Waals surface area contributed by atoms with Gasteiger partial charge in [0, 0.05) is 30.9 Å². The first kappa shape index (κ1) is 17.9. The van der Waals surface area contributed by atoms with Crippen LogP contribution in [-0.2, 0) is 4.74 Å². The first-order valence-electron chi connectivity index (χ1n) is 9.58. The molecule has 2 aliphatic heterocycles. The van der Waals surface area contributed by atoms with E-state index in [9.17, 15) is 4.39 Å². The number of ether oxygens (including phenoxy) is 2. The van der Waals surface area contributed by atoms with Crippen LogP contribution >= 0.6 is 0 Å². The minimum atomic E-state index is -0.422. The van der Waals surface area contributed by atoms with Crippen LogP contribution in [0.3, 0.4) is 0 Å². The lowest BCUT2D eigenvalue weighted by Crippen LogP contribution is -2.43. The third-order valence-corrected chi connectivity index (χ3v) is 5.27. The molecule has 29 heavy (non-hydrogen) atoms. The van der Waals surface area contributed by atoms with Gasteiger partial charge in [0.05, 0.1) is 25.0 Å². The summed E-state index contributed by atoms with van der Waals surface area (Å²) in [6.07, 6.45) is 4.47. The summed E-state index contributed by atoms with van der Waals surface area (Å²) < 4.78 is 24.8. The molecule has 9 heteroatoms. The smallest absolute Gasteiger partial charge is 0.227 e. The number of hydrogen-bond donors (Lipinski definition) is 2. The molecule has 2 unspecified atom stereocenters. The van der Waals surface area contributed by atoms with Crippen molar-refractivity contribution in [2.75, 3.05) is 30.4 Å². The fourth-order valence-corrected chi connectivity index (χ4v) is 3.85. The summed E-state index contributed by atoms with van der Waals surface area (Å²) in [5.74, 6) is 1.70. The van der Waals surface area contributed by atoms with Crippen LogP contribution in [0.4, 0.5) is 22.0 Å². The Hall–Kier alpha value is -3.20. The van der Waals surface area contributed by atoms with Crippen LogP contribution in [0.25, 0.3) is 11.3 Å². The van der Waals surface area contributed by atoms with E-state index in [1.54, 1.807) is 30.5 Å². The summed E-state index contributed by atoms with van der Waals surface area (Å²) in [5, 5.41) is 10.3. The summed E-state index contributed by atoms with van der Waals surface area (Å²) in [5.41, 5.74) is 1.36. The lowest BCUT2D eigenvalue weighted by atomic mass is 10.1. The lowest BCUT2D eigenvalue weighted by molar-refractivity contribution is 0.0299. The second kappa shape index (κ2) is 7.32. The fraction of sp³-hybridized carbons (Fsp3) is 0.350. The van der Waals surface area contributed by atoms with Gasteiger partial charge in [0.2, 0.25) is 5.95 Å². The van der Waals surface area contributed by atoms with Crippen molar-refractivity contribution >= 4 is 17.6 Å². The maximum atomic E-state index is 14.0. The molecule has 0 aliphatic carbocycles. The molecule has 2 aromatic heterocycles. The van der Waals surface area contributed by atoms with Crippen LogP contribution in [0.2, 0.25) is 0 Å². The number of fused-ring (bicyclic) bond motifs is 2. The first-order chi connectivity index (χ1) is 14.2. The summed E-state index contributed by atoms with van der Waals surface area (Å²) in [6.45, 7) is 1.63. The predicted octanol–water partition coefficient (Wildman–Crippen LogP) is 3.13. The zero-order chi connectivity index (χ0) is 19.8. The molecule has 2 aliphatic rings. The molecule has 8 nitrogen and oxygen atoms in total. The Morgan fingerprint density at radius 2 is 2.00 bits per heavy atom. The summed E-state index contributed by atoms with van der Waals surface area (Å²) in [6, 6.07) is 8.36. The minimum Gasteiger partial charge on any atom is -0.494 e. The Morgan fingerprint density at radius 1 is 1.17 bits per heavy atom. The maximum absolute atomic E-state index is 14.0. The molecule has 4 heterocycles. The normalized spacial score (nSPS) is 20.7. The lowest BCUT2D eigenvalue weighted by Gasteiger charge is -2.32. The molecular weight excluding hydrogens is 375 g/mol. The van der Waals surface area contributed by atoms with Crippen LogP contribution in [-0.4, -0.2) is 52.6 Å². The van der Waals surface area contributed by atoms with Crippen LogP contribution in [0.1, 0.15) is 12.8 Å². The summed E-state index contributed by atoms with van der Waals surface area (Å²) in [7, 11) is 1.44. The zero-order valence-corrected chi connectivity index (χ0v) is 15.9. The Kier molecular flexibility index (Phi) is 4.51. The predicted molar refractivity (Wildman–Crippen MR) is 106 cm³/mol. The van der Waals surface area contributed by atoms with E-state index >= 15 is 0 Å². The van der Waals surface area contributed by atoms with Crippen LogP contribution in [0.5, 0.6) is 5.75 Å². The van der Waals surface area contributed by atoms with Crippen molar-refractivity contribution in [3.05, 3.63) is 42.3 Å². The Morgan fingerprint density at radius 3 is 2.76 bits per heavy atom. The van der Waals surface area contributed by atoms with Gasteiger partial charge in [0.25, 0.3) is 0 Å². The highest BCUT2D eigenvalue weighted by Crippen LogP contribution is 2.29. The first-order valence-corrected chi connectivity index (χ1v) is 9.58. The van der Waals surface area contributed by atoms with Gasteiger partial charge >= 0.3 is 0 Å². The number of methoxy groups -OCH3 is 1. The minimum absolute atomic E-state index is 0.205. The second-order valence-electron chi connectivity index (χ2n) is 7.25. The van der Waals surface area contributed by atoms with Crippen LogP contribution in [0.15, 0.2) is 36.5 Å². The highest BCUT2D eigenvalue weighted by Gasteiger charge is 2.34. The Bertz CT molecular complexity index is 1010. The van der Waals surface area contributed by atoms with Crippen molar-refractivity contribution in [1.82, 2.24) is 20.2 Å². The van der Waals surface area contributed by atoms with Crippen molar-refractivity contribution < 1.29 is 13.9 Å². The van der Waals surface area contributed by atoms with Crippen LogP contribution in [0, 0.1) is 5.82 Å². The van der Waals surface area contributed by atoms with Gasteiger partial charge < -0.3 is 19.7 Å². The van der Waals surface area contributed by atoms with E-state index in [4.69, 9.17) is 9.47 Å². The topological polar surface area (TPSA) is 88.2 Å². The van der Waals surface area contributed by atoms with Crippen molar-refractivity contribution in [3.63, 3.8) is 0 Å². The molecule has 0 saturated carbocycles. The molecule has 1 aromatic carbocycles.